The molecule has 0 aromatic heterocycles. The zero-order valence-corrected chi connectivity index (χ0v) is 25.3. The number of methoxy groups -OCH3 is 1. The van der Waals surface area contributed by atoms with Crippen LogP contribution in [0, 0.1) is 5.82 Å². The van der Waals surface area contributed by atoms with E-state index in [4.69, 9.17) is 14.5 Å². The largest absolute Gasteiger partial charge is 0.493 e. The first-order chi connectivity index (χ1) is 18.9. The fourth-order valence-corrected chi connectivity index (χ4v) is 6.71. The lowest BCUT2D eigenvalue weighted by Crippen LogP contribution is -2.40. The predicted molar refractivity (Wildman–Crippen MR) is 162 cm³/mol. The van der Waals surface area contributed by atoms with Gasteiger partial charge in [0.2, 0.25) is 0 Å². The van der Waals surface area contributed by atoms with Crippen LogP contribution in [0.3, 0.4) is 0 Å². The molecule has 0 unspecified atom stereocenters. The number of ether oxygens (including phenoxy) is 2. The Morgan fingerprint density at radius 1 is 1.05 bits per heavy atom. The van der Waals surface area contributed by atoms with Gasteiger partial charge in [0.1, 0.15) is 12.4 Å². The van der Waals surface area contributed by atoms with Crippen LogP contribution in [0.2, 0.25) is 0 Å². The molecule has 39 heavy (non-hydrogen) atoms. The standard InChI is InChI=1S/C30H27Br2FN2O3S/c1-37-24-16-20(26(31)27(32)28(24)38-18-19-12-14-21(33)15-13-19)17-25-29(36)35(23-10-6-3-7-11-23)30(39-25)34-22-8-4-2-5-9-22/h2,4-5,8-9,12-17,23H,3,6-7,10-11,18H2,1H3/b25-17+,34-30?. The molecular weight excluding hydrogens is 647 g/mol. The molecule has 2 aliphatic rings. The normalized spacial score (nSPS) is 18.3. The fraction of sp³-hybridized carbons (Fsp3) is 0.267. The molecule has 0 atom stereocenters. The minimum absolute atomic E-state index is 0.0276. The molecule has 0 spiro atoms. The van der Waals surface area contributed by atoms with Gasteiger partial charge < -0.3 is 9.47 Å². The highest BCUT2D eigenvalue weighted by Crippen LogP contribution is 2.45. The van der Waals surface area contributed by atoms with Gasteiger partial charge in [-0.25, -0.2) is 9.38 Å². The van der Waals surface area contributed by atoms with Crippen LogP contribution in [0.4, 0.5) is 10.1 Å². The molecule has 1 saturated heterocycles. The summed E-state index contributed by atoms with van der Waals surface area (Å²) < 4.78 is 26.4. The van der Waals surface area contributed by atoms with Crippen molar-refractivity contribution >= 4 is 66.5 Å². The highest BCUT2D eigenvalue weighted by atomic mass is 79.9. The van der Waals surface area contributed by atoms with E-state index in [9.17, 15) is 9.18 Å². The van der Waals surface area contributed by atoms with Crippen LogP contribution in [0.15, 0.2) is 79.5 Å². The molecule has 0 bridgehead atoms. The topological polar surface area (TPSA) is 51.1 Å². The Morgan fingerprint density at radius 3 is 2.46 bits per heavy atom. The molecule has 3 aromatic rings. The van der Waals surface area contributed by atoms with E-state index in [1.165, 1.54) is 30.3 Å². The van der Waals surface area contributed by atoms with E-state index < -0.39 is 0 Å². The molecule has 3 aromatic carbocycles. The predicted octanol–water partition coefficient (Wildman–Crippen LogP) is 8.88. The van der Waals surface area contributed by atoms with Gasteiger partial charge in [0.15, 0.2) is 16.7 Å². The van der Waals surface area contributed by atoms with Crippen molar-refractivity contribution in [2.75, 3.05) is 7.11 Å². The Bertz CT molecular complexity index is 1410. The van der Waals surface area contributed by atoms with Gasteiger partial charge in [-0.3, -0.25) is 9.69 Å². The molecule has 0 radical (unpaired) electrons. The number of aliphatic imine (C=N–C) groups is 1. The van der Waals surface area contributed by atoms with Crippen molar-refractivity contribution in [3.05, 3.63) is 91.5 Å². The van der Waals surface area contributed by atoms with E-state index in [2.05, 4.69) is 31.9 Å². The number of amidine groups is 1. The highest BCUT2D eigenvalue weighted by molar-refractivity contribution is 9.13. The maximum absolute atomic E-state index is 13.8. The van der Waals surface area contributed by atoms with Crippen molar-refractivity contribution in [1.29, 1.82) is 0 Å². The maximum atomic E-state index is 13.8. The molecule has 0 N–H and O–H groups in total. The minimum Gasteiger partial charge on any atom is -0.493 e. The second-order valence-corrected chi connectivity index (χ2v) is 11.9. The molecule has 1 amide bonds. The Kier molecular flexibility index (Phi) is 9.10. The summed E-state index contributed by atoms with van der Waals surface area (Å²) in [5.41, 5.74) is 2.42. The van der Waals surface area contributed by atoms with E-state index in [1.54, 1.807) is 19.2 Å². The van der Waals surface area contributed by atoms with Crippen LogP contribution < -0.4 is 9.47 Å². The molecular formula is C30H27Br2FN2O3S. The van der Waals surface area contributed by atoms with Crippen molar-refractivity contribution in [2.24, 2.45) is 4.99 Å². The van der Waals surface area contributed by atoms with Gasteiger partial charge in [0, 0.05) is 10.5 Å². The van der Waals surface area contributed by atoms with Crippen LogP contribution in [0.1, 0.15) is 43.2 Å². The van der Waals surface area contributed by atoms with Crippen LogP contribution in [-0.4, -0.2) is 29.1 Å². The van der Waals surface area contributed by atoms with Crippen molar-refractivity contribution in [1.82, 2.24) is 4.90 Å². The van der Waals surface area contributed by atoms with Crippen molar-refractivity contribution < 1.29 is 18.7 Å². The van der Waals surface area contributed by atoms with E-state index in [-0.39, 0.29) is 24.4 Å². The molecule has 9 heteroatoms. The summed E-state index contributed by atoms with van der Waals surface area (Å²) in [5.74, 6) is 0.699. The van der Waals surface area contributed by atoms with Gasteiger partial charge >= 0.3 is 0 Å². The number of carbonyl (C=O) groups is 1. The van der Waals surface area contributed by atoms with Gasteiger partial charge in [-0.1, -0.05) is 49.6 Å². The third-order valence-electron chi connectivity index (χ3n) is 6.72. The number of nitrogens with zero attached hydrogens (tertiary/aromatic N) is 2. The fourth-order valence-electron chi connectivity index (χ4n) is 4.71. The first-order valence-corrected chi connectivity index (χ1v) is 15.1. The second kappa shape index (κ2) is 12.7. The number of rotatable bonds is 7. The lowest BCUT2D eigenvalue weighted by molar-refractivity contribution is -0.124. The van der Waals surface area contributed by atoms with Crippen LogP contribution >= 0.6 is 43.6 Å². The second-order valence-electron chi connectivity index (χ2n) is 9.35. The molecule has 1 aliphatic heterocycles. The Labute approximate surface area is 248 Å². The lowest BCUT2D eigenvalue weighted by atomic mass is 9.94. The third kappa shape index (κ3) is 6.42. The zero-order valence-electron chi connectivity index (χ0n) is 21.3. The average Bonchev–Trinajstić information content (AvgIpc) is 3.26. The summed E-state index contributed by atoms with van der Waals surface area (Å²) >= 11 is 8.71. The first-order valence-electron chi connectivity index (χ1n) is 12.7. The molecule has 5 rings (SSSR count). The monoisotopic (exact) mass is 672 g/mol. The van der Waals surface area contributed by atoms with Crippen molar-refractivity contribution in [2.45, 2.75) is 44.8 Å². The van der Waals surface area contributed by atoms with E-state index >= 15 is 0 Å². The van der Waals surface area contributed by atoms with Gasteiger partial charge in [0.25, 0.3) is 5.91 Å². The van der Waals surface area contributed by atoms with Crippen LogP contribution in [0.5, 0.6) is 11.5 Å². The van der Waals surface area contributed by atoms with Crippen LogP contribution in [-0.2, 0) is 11.4 Å². The van der Waals surface area contributed by atoms with Gasteiger partial charge in [-0.15, -0.1) is 0 Å². The van der Waals surface area contributed by atoms with Gasteiger partial charge in [-0.05, 0) is 104 Å². The minimum atomic E-state index is -0.295. The third-order valence-corrected chi connectivity index (χ3v) is 9.84. The molecule has 1 heterocycles. The smallest absolute Gasteiger partial charge is 0.267 e. The summed E-state index contributed by atoms with van der Waals surface area (Å²) in [6.45, 7) is 0.242. The number of amides is 1. The number of halogens is 3. The molecule has 5 nitrogen and oxygen atoms in total. The SMILES string of the molecule is COc1cc(/C=C2/SC(=Nc3ccccc3)N(C3CCCCC3)C2=O)c(Br)c(Br)c1OCc1ccc(F)cc1. The quantitative estimate of drug-likeness (QED) is 0.235. The number of para-hydroxylation sites is 1. The Balaban J connectivity index is 1.46. The highest BCUT2D eigenvalue weighted by Gasteiger charge is 2.39. The molecule has 1 aliphatic carbocycles. The summed E-state index contributed by atoms with van der Waals surface area (Å²) in [6, 6.07) is 17.9. The number of hydrogen-bond donors (Lipinski definition) is 0. The van der Waals surface area contributed by atoms with Crippen LogP contribution in [0.25, 0.3) is 6.08 Å². The van der Waals surface area contributed by atoms with E-state index in [0.29, 0.717) is 26.0 Å². The van der Waals surface area contributed by atoms with Gasteiger partial charge in [-0.2, -0.15) is 0 Å². The number of hydrogen-bond acceptors (Lipinski definition) is 5. The van der Waals surface area contributed by atoms with Gasteiger partial charge in [0.05, 0.1) is 22.2 Å². The molecule has 2 fully saturated rings. The van der Waals surface area contributed by atoms with Crippen molar-refractivity contribution in [3.63, 3.8) is 0 Å². The molecule has 202 valence electrons. The van der Waals surface area contributed by atoms with E-state index in [1.807, 2.05) is 47.4 Å². The van der Waals surface area contributed by atoms with Crippen molar-refractivity contribution in [3.8, 4) is 11.5 Å². The number of benzene rings is 3. The summed E-state index contributed by atoms with van der Waals surface area (Å²) in [4.78, 5) is 21.1. The summed E-state index contributed by atoms with van der Waals surface area (Å²) in [7, 11) is 1.57. The molecule has 1 saturated carbocycles. The first kappa shape index (κ1) is 27.9. The maximum Gasteiger partial charge on any atom is 0.267 e. The Hall–Kier alpha value is -2.62. The average molecular weight is 674 g/mol. The summed E-state index contributed by atoms with van der Waals surface area (Å²) in [6.07, 6.45) is 7.28. The number of carbonyl (C=O) groups excluding carboxylic acids is 1. The number of thioether (sulfide) groups is 1. The zero-order chi connectivity index (χ0) is 27.4. The summed E-state index contributed by atoms with van der Waals surface area (Å²) in [5, 5.41) is 0.714. The lowest BCUT2D eigenvalue weighted by Gasteiger charge is -2.30. The Morgan fingerprint density at radius 2 is 1.77 bits per heavy atom. The van der Waals surface area contributed by atoms with E-state index in [0.717, 1.165) is 47.0 Å².